The maximum absolute atomic E-state index is 12.4. The molecule has 1 amide bonds. The number of nitrogens with one attached hydrogen (secondary N) is 2. The lowest BCUT2D eigenvalue weighted by Gasteiger charge is -2.33. The van der Waals surface area contributed by atoms with Crippen molar-refractivity contribution in [1.82, 2.24) is 15.5 Å². The summed E-state index contributed by atoms with van der Waals surface area (Å²) >= 11 is 0. The highest BCUT2D eigenvalue weighted by molar-refractivity contribution is 5.76. The number of aromatic amines is 1. The van der Waals surface area contributed by atoms with Crippen LogP contribution in [-0.4, -0.2) is 35.2 Å². The van der Waals surface area contributed by atoms with E-state index in [-0.39, 0.29) is 11.9 Å². The van der Waals surface area contributed by atoms with Gasteiger partial charge in [-0.15, -0.1) is 0 Å². The molecule has 1 atom stereocenters. The number of H-pyrrole nitrogens is 1. The molecule has 1 fully saturated rings. The third-order valence-corrected chi connectivity index (χ3v) is 5.24. The van der Waals surface area contributed by atoms with E-state index in [1.54, 1.807) is 0 Å². The highest BCUT2D eigenvalue weighted by Crippen LogP contribution is 2.24. The summed E-state index contributed by atoms with van der Waals surface area (Å²) in [6.45, 7) is 1.77. The fourth-order valence-corrected chi connectivity index (χ4v) is 3.74. The zero-order valence-corrected chi connectivity index (χ0v) is 16.0. The van der Waals surface area contributed by atoms with Crippen molar-refractivity contribution >= 4 is 11.7 Å². The summed E-state index contributed by atoms with van der Waals surface area (Å²) in [7, 11) is 0. The van der Waals surface area contributed by atoms with Crippen LogP contribution in [0.5, 0.6) is 0 Å². The molecule has 5 heteroatoms. The van der Waals surface area contributed by atoms with Crippen LogP contribution in [0.2, 0.25) is 0 Å². The number of hydrogen-bond acceptors (Lipinski definition) is 3. The quantitative estimate of drug-likeness (QED) is 0.690. The number of aromatic nitrogens is 2. The van der Waals surface area contributed by atoms with Crippen molar-refractivity contribution in [2.24, 2.45) is 0 Å². The summed E-state index contributed by atoms with van der Waals surface area (Å²) in [6.07, 6.45) is 3.38. The first-order chi connectivity index (χ1) is 13.8. The van der Waals surface area contributed by atoms with E-state index in [4.69, 9.17) is 0 Å². The van der Waals surface area contributed by atoms with Gasteiger partial charge in [0.1, 0.15) is 0 Å². The molecule has 2 heterocycles. The zero-order chi connectivity index (χ0) is 19.2. The van der Waals surface area contributed by atoms with Gasteiger partial charge in [0.25, 0.3) is 0 Å². The Morgan fingerprint density at radius 3 is 2.64 bits per heavy atom. The van der Waals surface area contributed by atoms with E-state index in [0.717, 1.165) is 49.4 Å². The van der Waals surface area contributed by atoms with Gasteiger partial charge in [-0.25, -0.2) is 0 Å². The molecule has 2 aromatic carbocycles. The van der Waals surface area contributed by atoms with E-state index >= 15 is 0 Å². The van der Waals surface area contributed by atoms with Crippen LogP contribution in [0.1, 0.15) is 24.8 Å². The van der Waals surface area contributed by atoms with Crippen molar-refractivity contribution in [3.63, 3.8) is 0 Å². The number of piperidine rings is 1. The number of aryl methyl sites for hydroxylation is 1. The van der Waals surface area contributed by atoms with Crippen molar-refractivity contribution in [1.29, 1.82) is 0 Å². The second-order valence-electron chi connectivity index (χ2n) is 7.34. The molecule has 1 aromatic heterocycles. The van der Waals surface area contributed by atoms with E-state index in [9.17, 15) is 4.79 Å². The summed E-state index contributed by atoms with van der Waals surface area (Å²) in [5.74, 6) is 1.07. The number of amides is 1. The van der Waals surface area contributed by atoms with Crippen LogP contribution in [0.25, 0.3) is 11.3 Å². The van der Waals surface area contributed by atoms with Gasteiger partial charge in [-0.3, -0.25) is 9.89 Å². The number of carbonyl (C=O) groups is 1. The number of nitrogens with zero attached hydrogens (tertiary/aromatic N) is 2. The molecule has 1 unspecified atom stereocenters. The normalized spacial score (nSPS) is 16.7. The van der Waals surface area contributed by atoms with Crippen molar-refractivity contribution in [2.75, 3.05) is 18.0 Å². The SMILES string of the molecule is O=C(CCc1ccccc1)NC1CCCN(c2cc(-c3ccccc3)[nH]n2)C1. The van der Waals surface area contributed by atoms with Crippen LogP contribution in [0, 0.1) is 0 Å². The van der Waals surface area contributed by atoms with Gasteiger partial charge in [-0.05, 0) is 30.4 Å². The molecule has 28 heavy (non-hydrogen) atoms. The lowest BCUT2D eigenvalue weighted by Crippen LogP contribution is -2.48. The summed E-state index contributed by atoms with van der Waals surface area (Å²) in [5, 5.41) is 10.8. The van der Waals surface area contributed by atoms with Gasteiger partial charge in [-0.2, -0.15) is 5.10 Å². The summed E-state index contributed by atoms with van der Waals surface area (Å²) in [4.78, 5) is 14.6. The number of anilines is 1. The van der Waals surface area contributed by atoms with E-state index in [1.165, 1.54) is 5.56 Å². The van der Waals surface area contributed by atoms with Gasteiger partial charge in [0.2, 0.25) is 5.91 Å². The summed E-state index contributed by atoms with van der Waals surface area (Å²) < 4.78 is 0. The van der Waals surface area contributed by atoms with E-state index < -0.39 is 0 Å². The predicted molar refractivity (Wildman–Crippen MR) is 112 cm³/mol. The van der Waals surface area contributed by atoms with Gasteiger partial charge in [0.05, 0.1) is 5.69 Å². The molecule has 3 aromatic rings. The van der Waals surface area contributed by atoms with E-state index in [0.29, 0.717) is 6.42 Å². The first-order valence-corrected chi connectivity index (χ1v) is 9.97. The highest BCUT2D eigenvalue weighted by atomic mass is 16.1. The predicted octanol–water partition coefficient (Wildman–Crippen LogP) is 3.79. The van der Waals surface area contributed by atoms with Crippen LogP contribution in [0.15, 0.2) is 66.7 Å². The molecule has 144 valence electrons. The Bertz CT molecular complexity index is 891. The first-order valence-electron chi connectivity index (χ1n) is 9.97. The topological polar surface area (TPSA) is 61.0 Å². The van der Waals surface area contributed by atoms with Crippen molar-refractivity contribution in [2.45, 2.75) is 31.7 Å². The monoisotopic (exact) mass is 374 g/mol. The first kappa shape index (κ1) is 18.3. The lowest BCUT2D eigenvalue weighted by molar-refractivity contribution is -0.121. The van der Waals surface area contributed by atoms with E-state index in [2.05, 4.69) is 50.7 Å². The third kappa shape index (κ3) is 4.60. The summed E-state index contributed by atoms with van der Waals surface area (Å²) in [5.41, 5.74) is 3.35. The number of benzene rings is 2. The standard InChI is InChI=1S/C23H26N4O/c28-23(14-13-18-8-3-1-4-9-18)24-20-12-7-15-27(17-20)22-16-21(25-26-22)19-10-5-2-6-11-19/h1-6,8-11,16,20H,7,12-15,17H2,(H,24,28)(H,25,26). The van der Waals surface area contributed by atoms with Gasteiger partial charge < -0.3 is 10.2 Å². The Hall–Kier alpha value is -3.08. The maximum atomic E-state index is 12.4. The van der Waals surface area contributed by atoms with Crippen LogP contribution >= 0.6 is 0 Å². The molecular weight excluding hydrogens is 348 g/mol. The zero-order valence-electron chi connectivity index (χ0n) is 16.0. The second kappa shape index (κ2) is 8.74. The van der Waals surface area contributed by atoms with Crippen molar-refractivity contribution in [3.8, 4) is 11.3 Å². The molecule has 0 aliphatic carbocycles. The minimum absolute atomic E-state index is 0.128. The largest absolute Gasteiger partial charge is 0.353 e. The Kier molecular flexibility index (Phi) is 5.71. The van der Waals surface area contributed by atoms with Crippen LogP contribution < -0.4 is 10.2 Å². The van der Waals surface area contributed by atoms with Gasteiger partial charge in [0, 0.05) is 31.6 Å². The van der Waals surface area contributed by atoms with Crippen LogP contribution in [0.3, 0.4) is 0 Å². The summed E-state index contributed by atoms with van der Waals surface area (Å²) in [6, 6.07) is 22.6. The Morgan fingerprint density at radius 1 is 1.11 bits per heavy atom. The van der Waals surface area contributed by atoms with E-state index in [1.807, 2.05) is 36.4 Å². The fourth-order valence-electron chi connectivity index (χ4n) is 3.74. The smallest absolute Gasteiger partial charge is 0.220 e. The van der Waals surface area contributed by atoms with Crippen molar-refractivity contribution < 1.29 is 4.79 Å². The molecule has 1 saturated heterocycles. The molecule has 0 radical (unpaired) electrons. The molecule has 5 nitrogen and oxygen atoms in total. The van der Waals surface area contributed by atoms with Crippen LogP contribution in [-0.2, 0) is 11.2 Å². The fraction of sp³-hybridized carbons (Fsp3) is 0.304. The molecular formula is C23H26N4O. The van der Waals surface area contributed by atoms with Crippen LogP contribution in [0.4, 0.5) is 5.82 Å². The lowest BCUT2D eigenvalue weighted by atomic mass is 10.0. The third-order valence-electron chi connectivity index (χ3n) is 5.24. The molecule has 1 aliphatic rings. The highest BCUT2D eigenvalue weighted by Gasteiger charge is 2.23. The molecule has 0 saturated carbocycles. The minimum Gasteiger partial charge on any atom is -0.353 e. The molecule has 1 aliphatic heterocycles. The number of hydrogen-bond donors (Lipinski definition) is 2. The molecule has 0 spiro atoms. The Labute approximate surface area is 165 Å². The van der Waals surface area contributed by atoms with Crippen molar-refractivity contribution in [3.05, 3.63) is 72.3 Å². The van der Waals surface area contributed by atoms with Gasteiger partial charge in [-0.1, -0.05) is 60.7 Å². The molecule has 0 bridgehead atoms. The molecule has 2 N–H and O–H groups in total. The number of carbonyl (C=O) groups excluding carboxylic acids is 1. The Morgan fingerprint density at radius 2 is 1.86 bits per heavy atom. The average molecular weight is 374 g/mol. The Balaban J connectivity index is 1.32. The maximum Gasteiger partial charge on any atom is 0.220 e. The molecule has 4 rings (SSSR count). The number of rotatable bonds is 6. The minimum atomic E-state index is 0.128. The van der Waals surface area contributed by atoms with Gasteiger partial charge >= 0.3 is 0 Å². The average Bonchev–Trinajstić information content (AvgIpc) is 3.24. The van der Waals surface area contributed by atoms with Gasteiger partial charge in [0.15, 0.2) is 5.82 Å². The second-order valence-corrected chi connectivity index (χ2v) is 7.34.